The summed E-state index contributed by atoms with van der Waals surface area (Å²) in [7, 11) is 1.51. The summed E-state index contributed by atoms with van der Waals surface area (Å²) in [5, 5.41) is 14.8. The van der Waals surface area contributed by atoms with Gasteiger partial charge < -0.3 is 14.2 Å². The van der Waals surface area contributed by atoms with Gasteiger partial charge in [0.2, 0.25) is 0 Å². The number of carbonyl (C=O) groups is 1. The van der Waals surface area contributed by atoms with Gasteiger partial charge in [-0.25, -0.2) is 5.43 Å². The van der Waals surface area contributed by atoms with Crippen LogP contribution < -0.4 is 19.6 Å². The molecule has 1 saturated heterocycles. The number of thioether (sulfide) groups is 2. The topological polar surface area (TPSA) is 112 Å². The minimum absolute atomic E-state index is 0.0167. The van der Waals surface area contributed by atoms with E-state index >= 15 is 0 Å². The van der Waals surface area contributed by atoms with E-state index in [1.54, 1.807) is 24.3 Å². The Bertz CT molecular complexity index is 1300. The predicted molar refractivity (Wildman–Crippen MR) is 153 cm³/mol. The van der Waals surface area contributed by atoms with Gasteiger partial charge in [-0.15, -0.1) is 23.5 Å². The first kappa shape index (κ1) is 27.8. The number of halogens is 1. The number of carbonyl (C=O) groups excluding carboxylic acids is 1. The number of nitro benzene ring substituents is 1. The Kier molecular flexibility index (Phi) is 9.91. The zero-order chi connectivity index (χ0) is 26.9. The molecule has 1 fully saturated rings. The van der Waals surface area contributed by atoms with Crippen LogP contribution in [0.15, 0.2) is 70.2 Å². The molecule has 1 aliphatic heterocycles. The van der Waals surface area contributed by atoms with Crippen LogP contribution in [-0.4, -0.2) is 42.3 Å². The van der Waals surface area contributed by atoms with Crippen molar-refractivity contribution < 1.29 is 23.9 Å². The fourth-order valence-corrected chi connectivity index (χ4v) is 6.71. The highest BCUT2D eigenvalue weighted by Crippen LogP contribution is 2.45. The number of nitrogens with zero attached hydrogens (tertiary/aromatic N) is 2. The number of amides is 1. The number of ether oxygens (including phenoxy) is 3. The molecule has 0 atom stereocenters. The number of benzene rings is 3. The normalized spacial score (nSPS) is 13.4. The predicted octanol–water partition coefficient (Wildman–Crippen LogP) is 5.95. The molecule has 198 valence electrons. The van der Waals surface area contributed by atoms with E-state index in [9.17, 15) is 14.9 Å². The van der Waals surface area contributed by atoms with Crippen molar-refractivity contribution in [2.24, 2.45) is 5.10 Å². The van der Waals surface area contributed by atoms with Crippen LogP contribution in [-0.2, 0) is 11.4 Å². The number of non-ortho nitro benzene ring substituents is 1. The van der Waals surface area contributed by atoms with Crippen molar-refractivity contribution in [1.82, 2.24) is 5.43 Å². The van der Waals surface area contributed by atoms with E-state index < -0.39 is 10.8 Å². The van der Waals surface area contributed by atoms with Crippen LogP contribution in [0.4, 0.5) is 5.69 Å². The average molecular weight is 619 g/mol. The Morgan fingerprint density at radius 1 is 1.11 bits per heavy atom. The van der Waals surface area contributed by atoms with Crippen molar-refractivity contribution in [1.29, 1.82) is 0 Å². The fraction of sp³-hybridized carbons (Fsp3) is 0.231. The number of nitrogens with one attached hydrogen (secondary N) is 1. The van der Waals surface area contributed by atoms with E-state index in [4.69, 9.17) is 14.2 Å². The van der Waals surface area contributed by atoms with Gasteiger partial charge >= 0.3 is 0 Å². The number of hydrogen-bond acceptors (Lipinski definition) is 9. The molecule has 0 aromatic heterocycles. The van der Waals surface area contributed by atoms with Crippen LogP contribution in [0, 0.1) is 10.1 Å². The largest absolute Gasteiger partial charge is 0.493 e. The maximum atomic E-state index is 12.2. The summed E-state index contributed by atoms with van der Waals surface area (Å²) in [6.45, 7) is 0.0368. The van der Waals surface area contributed by atoms with Crippen LogP contribution in [0.2, 0.25) is 0 Å². The van der Waals surface area contributed by atoms with E-state index in [0.29, 0.717) is 31.9 Å². The Morgan fingerprint density at radius 3 is 2.47 bits per heavy atom. The Labute approximate surface area is 236 Å². The Hall–Kier alpha value is -3.22. The fourth-order valence-electron chi connectivity index (χ4n) is 3.42. The molecule has 1 heterocycles. The maximum Gasteiger partial charge on any atom is 0.277 e. The number of hydrazone groups is 1. The lowest BCUT2D eigenvalue weighted by atomic mass is 10.2. The van der Waals surface area contributed by atoms with Crippen molar-refractivity contribution in [3.8, 4) is 17.2 Å². The molecule has 0 spiro atoms. The van der Waals surface area contributed by atoms with Gasteiger partial charge in [0.15, 0.2) is 18.1 Å². The second-order valence-corrected chi connectivity index (χ2v) is 11.5. The highest BCUT2D eigenvalue weighted by molar-refractivity contribution is 9.10. The monoisotopic (exact) mass is 617 g/mol. The summed E-state index contributed by atoms with van der Waals surface area (Å²) < 4.78 is 18.0. The van der Waals surface area contributed by atoms with Crippen LogP contribution in [0.1, 0.15) is 21.3 Å². The van der Waals surface area contributed by atoms with Crippen LogP contribution in [0.25, 0.3) is 0 Å². The van der Waals surface area contributed by atoms with E-state index in [0.717, 1.165) is 5.56 Å². The van der Waals surface area contributed by atoms with Gasteiger partial charge in [0.05, 0.1) is 22.8 Å². The molecule has 0 radical (unpaired) electrons. The van der Waals surface area contributed by atoms with E-state index in [-0.39, 0.29) is 18.9 Å². The second kappa shape index (κ2) is 13.5. The standard InChI is InChI=1S/C26H24BrN3O6S2/c1-34-23-12-19(22(27)13-24(23)36-15-17-2-6-20(7-3-17)30(32)33)14-28-29-25(31)16-35-21-8-4-18(5-9-21)26-37-10-11-38-26/h2-9,12-14,26H,10-11,15-16H2,1H3,(H,29,31)/b28-14-. The van der Waals surface area contributed by atoms with Crippen LogP contribution >= 0.6 is 39.5 Å². The molecular weight excluding hydrogens is 594 g/mol. The summed E-state index contributed by atoms with van der Waals surface area (Å²) in [4.78, 5) is 22.5. The summed E-state index contributed by atoms with van der Waals surface area (Å²) >= 11 is 7.36. The molecule has 0 unspecified atom stereocenters. The first-order valence-corrected chi connectivity index (χ1v) is 14.3. The minimum atomic E-state index is -0.450. The van der Waals surface area contributed by atoms with Crippen molar-refractivity contribution >= 4 is 57.3 Å². The van der Waals surface area contributed by atoms with Crippen molar-refractivity contribution in [2.45, 2.75) is 11.2 Å². The summed E-state index contributed by atoms with van der Waals surface area (Å²) in [5.74, 6) is 3.50. The van der Waals surface area contributed by atoms with E-state index in [2.05, 4.69) is 26.5 Å². The van der Waals surface area contributed by atoms with Crippen molar-refractivity contribution in [2.75, 3.05) is 25.2 Å². The highest BCUT2D eigenvalue weighted by atomic mass is 79.9. The van der Waals surface area contributed by atoms with Gasteiger partial charge in [-0.1, -0.05) is 12.1 Å². The Balaban J connectivity index is 1.28. The Morgan fingerprint density at radius 2 is 1.82 bits per heavy atom. The lowest BCUT2D eigenvalue weighted by Crippen LogP contribution is -2.24. The summed E-state index contributed by atoms with van der Waals surface area (Å²) in [5.41, 5.74) is 5.15. The number of nitro groups is 1. The lowest BCUT2D eigenvalue weighted by Gasteiger charge is -2.13. The molecule has 12 heteroatoms. The lowest BCUT2D eigenvalue weighted by molar-refractivity contribution is -0.384. The molecule has 38 heavy (non-hydrogen) atoms. The highest BCUT2D eigenvalue weighted by Gasteiger charge is 2.18. The zero-order valence-electron chi connectivity index (χ0n) is 20.3. The number of methoxy groups -OCH3 is 1. The number of rotatable bonds is 11. The van der Waals surface area contributed by atoms with Gasteiger partial charge in [0.25, 0.3) is 11.6 Å². The van der Waals surface area contributed by atoms with Crippen molar-refractivity contribution in [3.05, 3.63) is 91.9 Å². The first-order valence-electron chi connectivity index (χ1n) is 11.4. The summed E-state index contributed by atoms with van der Waals surface area (Å²) in [6.07, 6.45) is 1.48. The third-order valence-electron chi connectivity index (χ3n) is 5.36. The molecule has 9 nitrogen and oxygen atoms in total. The molecule has 0 bridgehead atoms. The minimum Gasteiger partial charge on any atom is -0.493 e. The maximum absolute atomic E-state index is 12.2. The molecule has 1 amide bonds. The van der Waals surface area contributed by atoms with Gasteiger partial charge in [-0.2, -0.15) is 5.10 Å². The quantitative estimate of drug-likeness (QED) is 0.159. The SMILES string of the molecule is COc1cc(/C=N\NC(=O)COc2ccc(C3SCCS3)cc2)c(Br)cc1OCc1ccc([N+](=O)[O-])cc1. The third-order valence-corrected chi connectivity index (χ3v) is 9.15. The third kappa shape index (κ3) is 7.65. The van der Waals surface area contributed by atoms with E-state index in [1.165, 1.54) is 42.5 Å². The average Bonchev–Trinajstić information content (AvgIpc) is 3.47. The smallest absolute Gasteiger partial charge is 0.277 e. The number of hydrogen-bond donors (Lipinski definition) is 1. The molecule has 0 saturated carbocycles. The van der Waals surface area contributed by atoms with Crippen LogP contribution in [0.5, 0.6) is 17.2 Å². The van der Waals surface area contributed by atoms with E-state index in [1.807, 2.05) is 47.8 Å². The molecule has 1 aliphatic rings. The second-order valence-electron chi connectivity index (χ2n) is 7.96. The molecule has 0 aliphatic carbocycles. The van der Waals surface area contributed by atoms with Gasteiger partial charge in [-0.05, 0) is 63.5 Å². The molecule has 3 aromatic rings. The van der Waals surface area contributed by atoms with Gasteiger partial charge in [0.1, 0.15) is 12.4 Å². The van der Waals surface area contributed by atoms with Gasteiger partial charge in [-0.3, -0.25) is 14.9 Å². The summed E-state index contributed by atoms with van der Waals surface area (Å²) in [6, 6.07) is 17.4. The van der Waals surface area contributed by atoms with Gasteiger partial charge in [0, 0.05) is 33.7 Å². The molecule has 3 aromatic carbocycles. The molecular formula is C26H24BrN3O6S2. The molecule has 1 N–H and O–H groups in total. The first-order chi connectivity index (χ1) is 18.4. The zero-order valence-corrected chi connectivity index (χ0v) is 23.5. The molecule has 4 rings (SSSR count). The van der Waals surface area contributed by atoms with Crippen LogP contribution in [0.3, 0.4) is 0 Å². The van der Waals surface area contributed by atoms with Crippen molar-refractivity contribution in [3.63, 3.8) is 0 Å².